The van der Waals surface area contributed by atoms with Crippen LogP contribution in [0.15, 0.2) is 67.3 Å². The number of rotatable bonds is 6. The predicted molar refractivity (Wildman–Crippen MR) is 82.2 cm³/mol. The molecule has 0 N–H and O–H groups in total. The zero-order valence-corrected chi connectivity index (χ0v) is 11.8. The van der Waals surface area contributed by atoms with Crippen LogP contribution in [0, 0.1) is 5.82 Å². The van der Waals surface area contributed by atoms with Crippen molar-refractivity contribution >= 4 is 5.91 Å². The molecular weight excluding hydrogens is 265 g/mol. The van der Waals surface area contributed by atoms with Crippen molar-refractivity contribution in [3.05, 3.63) is 84.2 Å². The molecule has 0 unspecified atom stereocenters. The smallest absolute Gasteiger partial charge is 0.227 e. The fourth-order valence-corrected chi connectivity index (χ4v) is 2.10. The number of carbonyl (C=O) groups is 1. The number of benzene rings is 2. The number of amides is 1. The van der Waals surface area contributed by atoms with Crippen LogP contribution in [0.4, 0.5) is 4.39 Å². The fourth-order valence-electron chi connectivity index (χ4n) is 2.10. The Morgan fingerprint density at radius 2 is 1.71 bits per heavy atom. The van der Waals surface area contributed by atoms with Gasteiger partial charge >= 0.3 is 0 Å². The summed E-state index contributed by atoms with van der Waals surface area (Å²) >= 11 is 0. The van der Waals surface area contributed by atoms with Crippen molar-refractivity contribution in [3.63, 3.8) is 0 Å². The molecule has 0 atom stereocenters. The van der Waals surface area contributed by atoms with Crippen LogP contribution in [0.1, 0.15) is 11.1 Å². The Kier molecular flexibility index (Phi) is 5.27. The van der Waals surface area contributed by atoms with E-state index in [4.69, 9.17) is 0 Å². The SMILES string of the molecule is C=CCN(Cc1ccccc1)C(=O)Cc1ccc(F)cc1. The van der Waals surface area contributed by atoms with Crippen molar-refractivity contribution < 1.29 is 9.18 Å². The monoisotopic (exact) mass is 283 g/mol. The van der Waals surface area contributed by atoms with E-state index in [2.05, 4.69) is 6.58 Å². The third-order valence-electron chi connectivity index (χ3n) is 3.19. The van der Waals surface area contributed by atoms with E-state index in [9.17, 15) is 9.18 Å². The molecule has 2 aromatic carbocycles. The summed E-state index contributed by atoms with van der Waals surface area (Å²) in [7, 11) is 0. The molecule has 1 amide bonds. The number of hydrogen-bond acceptors (Lipinski definition) is 1. The zero-order valence-electron chi connectivity index (χ0n) is 11.8. The molecule has 0 aliphatic heterocycles. The van der Waals surface area contributed by atoms with Gasteiger partial charge in [-0.3, -0.25) is 4.79 Å². The highest BCUT2D eigenvalue weighted by atomic mass is 19.1. The molecule has 0 spiro atoms. The molecule has 3 heteroatoms. The Morgan fingerprint density at radius 3 is 2.33 bits per heavy atom. The normalized spacial score (nSPS) is 10.1. The number of hydrogen-bond donors (Lipinski definition) is 0. The molecule has 2 rings (SSSR count). The predicted octanol–water partition coefficient (Wildman–Crippen LogP) is 3.58. The quantitative estimate of drug-likeness (QED) is 0.742. The summed E-state index contributed by atoms with van der Waals surface area (Å²) < 4.78 is 12.9. The maximum absolute atomic E-state index is 12.9. The topological polar surface area (TPSA) is 20.3 Å². The summed E-state index contributed by atoms with van der Waals surface area (Å²) in [6.45, 7) is 4.74. The van der Waals surface area contributed by atoms with Crippen molar-refractivity contribution in [2.45, 2.75) is 13.0 Å². The minimum Gasteiger partial charge on any atom is -0.334 e. The first-order valence-corrected chi connectivity index (χ1v) is 6.86. The van der Waals surface area contributed by atoms with Crippen LogP contribution >= 0.6 is 0 Å². The van der Waals surface area contributed by atoms with E-state index in [1.165, 1.54) is 12.1 Å². The van der Waals surface area contributed by atoms with Gasteiger partial charge in [0.1, 0.15) is 5.82 Å². The van der Waals surface area contributed by atoms with Gasteiger partial charge in [0.05, 0.1) is 6.42 Å². The summed E-state index contributed by atoms with van der Waals surface area (Å²) in [5.41, 5.74) is 1.88. The van der Waals surface area contributed by atoms with E-state index in [0.29, 0.717) is 13.1 Å². The highest BCUT2D eigenvalue weighted by Gasteiger charge is 2.13. The van der Waals surface area contributed by atoms with Crippen molar-refractivity contribution in [2.75, 3.05) is 6.54 Å². The van der Waals surface area contributed by atoms with Crippen molar-refractivity contribution in [1.82, 2.24) is 4.90 Å². The van der Waals surface area contributed by atoms with Gasteiger partial charge in [0.2, 0.25) is 5.91 Å². The summed E-state index contributed by atoms with van der Waals surface area (Å²) in [4.78, 5) is 14.1. The Morgan fingerprint density at radius 1 is 1.05 bits per heavy atom. The van der Waals surface area contributed by atoms with E-state index in [-0.39, 0.29) is 18.1 Å². The number of halogens is 1. The molecule has 2 nitrogen and oxygen atoms in total. The second kappa shape index (κ2) is 7.39. The molecule has 0 radical (unpaired) electrons. The first-order valence-electron chi connectivity index (χ1n) is 6.86. The van der Waals surface area contributed by atoms with Crippen LogP contribution in [0.25, 0.3) is 0 Å². The second-order valence-electron chi connectivity index (χ2n) is 4.85. The third-order valence-corrected chi connectivity index (χ3v) is 3.19. The van der Waals surface area contributed by atoms with Crippen molar-refractivity contribution in [3.8, 4) is 0 Å². The van der Waals surface area contributed by atoms with Gasteiger partial charge < -0.3 is 4.90 Å². The van der Waals surface area contributed by atoms with Crippen LogP contribution in [0.3, 0.4) is 0 Å². The lowest BCUT2D eigenvalue weighted by atomic mass is 10.1. The second-order valence-corrected chi connectivity index (χ2v) is 4.85. The van der Waals surface area contributed by atoms with Gasteiger partial charge in [-0.05, 0) is 23.3 Å². The molecule has 2 aromatic rings. The molecule has 0 aliphatic rings. The van der Waals surface area contributed by atoms with Crippen LogP contribution in [-0.4, -0.2) is 17.4 Å². The Bertz CT molecular complexity index is 592. The largest absolute Gasteiger partial charge is 0.334 e. The highest BCUT2D eigenvalue weighted by Crippen LogP contribution is 2.09. The van der Waals surface area contributed by atoms with Gasteiger partial charge in [0.15, 0.2) is 0 Å². The van der Waals surface area contributed by atoms with E-state index >= 15 is 0 Å². The molecule has 0 fully saturated rings. The summed E-state index contributed by atoms with van der Waals surface area (Å²) in [6.07, 6.45) is 1.98. The van der Waals surface area contributed by atoms with E-state index in [1.54, 1.807) is 23.1 Å². The van der Waals surface area contributed by atoms with Crippen molar-refractivity contribution in [2.24, 2.45) is 0 Å². The Balaban J connectivity index is 2.04. The highest BCUT2D eigenvalue weighted by molar-refractivity contribution is 5.78. The number of nitrogens with zero attached hydrogens (tertiary/aromatic N) is 1. The average molecular weight is 283 g/mol. The lowest BCUT2D eigenvalue weighted by Gasteiger charge is -2.21. The molecule has 0 aromatic heterocycles. The zero-order chi connectivity index (χ0) is 15.1. The molecule has 108 valence electrons. The molecule has 0 bridgehead atoms. The number of carbonyl (C=O) groups excluding carboxylic acids is 1. The first kappa shape index (κ1) is 15.0. The summed E-state index contributed by atoms with van der Waals surface area (Å²) in [5.74, 6) is -0.288. The minimum absolute atomic E-state index is 0.00496. The van der Waals surface area contributed by atoms with Crippen LogP contribution < -0.4 is 0 Å². The lowest BCUT2D eigenvalue weighted by Crippen LogP contribution is -2.32. The van der Waals surface area contributed by atoms with Gasteiger partial charge in [0, 0.05) is 13.1 Å². The summed E-state index contributed by atoms with van der Waals surface area (Å²) in [6, 6.07) is 15.8. The van der Waals surface area contributed by atoms with Gasteiger partial charge in [-0.1, -0.05) is 48.5 Å². The van der Waals surface area contributed by atoms with E-state index in [1.807, 2.05) is 30.3 Å². The molecule has 0 aliphatic carbocycles. The maximum atomic E-state index is 12.9. The Labute approximate surface area is 124 Å². The average Bonchev–Trinajstić information content (AvgIpc) is 2.50. The van der Waals surface area contributed by atoms with E-state index < -0.39 is 0 Å². The molecular formula is C18H18FNO. The van der Waals surface area contributed by atoms with Gasteiger partial charge in [-0.15, -0.1) is 6.58 Å². The van der Waals surface area contributed by atoms with Crippen molar-refractivity contribution in [1.29, 1.82) is 0 Å². The maximum Gasteiger partial charge on any atom is 0.227 e. The van der Waals surface area contributed by atoms with Gasteiger partial charge in [-0.25, -0.2) is 4.39 Å². The Hall–Kier alpha value is -2.42. The first-order chi connectivity index (χ1) is 10.2. The third kappa shape index (κ3) is 4.56. The fraction of sp³-hybridized carbons (Fsp3) is 0.167. The minimum atomic E-state index is -0.293. The standard InChI is InChI=1S/C18H18FNO/c1-2-12-20(14-16-6-4-3-5-7-16)18(21)13-15-8-10-17(19)11-9-15/h2-11H,1,12-14H2. The molecule has 21 heavy (non-hydrogen) atoms. The molecule has 0 heterocycles. The molecule has 0 saturated heterocycles. The van der Waals surface area contributed by atoms with Crippen LogP contribution in [0.5, 0.6) is 0 Å². The van der Waals surface area contributed by atoms with Crippen LogP contribution in [-0.2, 0) is 17.8 Å². The van der Waals surface area contributed by atoms with Gasteiger partial charge in [0.25, 0.3) is 0 Å². The molecule has 0 saturated carbocycles. The lowest BCUT2D eigenvalue weighted by molar-refractivity contribution is -0.130. The van der Waals surface area contributed by atoms with Gasteiger partial charge in [-0.2, -0.15) is 0 Å². The van der Waals surface area contributed by atoms with Crippen LogP contribution in [0.2, 0.25) is 0 Å². The summed E-state index contributed by atoms with van der Waals surface area (Å²) in [5, 5.41) is 0. The van der Waals surface area contributed by atoms with E-state index in [0.717, 1.165) is 11.1 Å².